The van der Waals surface area contributed by atoms with Crippen molar-refractivity contribution in [3.05, 3.63) is 0 Å². The molecule has 0 aliphatic carbocycles. The largest absolute Gasteiger partial charge is 0.465 e. The van der Waals surface area contributed by atoms with E-state index < -0.39 is 0 Å². The first-order chi connectivity index (χ1) is 14.7. The summed E-state index contributed by atoms with van der Waals surface area (Å²) >= 11 is 0. The molecule has 0 aliphatic rings. The lowest BCUT2D eigenvalue weighted by Crippen LogP contribution is -2.32. The van der Waals surface area contributed by atoms with Gasteiger partial charge in [-0.1, -0.05) is 97.8 Å². The highest BCUT2D eigenvalue weighted by atomic mass is 16.5. The Bertz CT molecular complexity index is 358. The monoisotopic (exact) mass is 427 g/mol. The molecule has 180 valence electrons. The molecule has 0 saturated heterocycles. The van der Waals surface area contributed by atoms with Gasteiger partial charge in [0.25, 0.3) is 0 Å². The zero-order valence-corrected chi connectivity index (χ0v) is 20.6. The Morgan fingerprint density at radius 2 is 1.30 bits per heavy atom. The molecule has 0 aliphatic heterocycles. The number of aliphatic hydroxyl groups excluding tert-OH is 1. The summed E-state index contributed by atoms with van der Waals surface area (Å²) in [6.07, 6.45) is 19.9. The molecule has 0 aromatic heterocycles. The van der Waals surface area contributed by atoms with Crippen molar-refractivity contribution in [1.29, 1.82) is 0 Å². The molecule has 30 heavy (non-hydrogen) atoms. The van der Waals surface area contributed by atoms with Gasteiger partial charge in [-0.05, 0) is 38.6 Å². The summed E-state index contributed by atoms with van der Waals surface area (Å²) in [5, 5.41) is 12.5. The number of rotatable bonds is 23. The summed E-state index contributed by atoms with van der Waals surface area (Å²) in [6, 6.07) is 0.229. The van der Waals surface area contributed by atoms with Gasteiger partial charge < -0.3 is 15.2 Å². The van der Waals surface area contributed by atoms with Crippen LogP contribution in [0.1, 0.15) is 130 Å². The minimum absolute atomic E-state index is 0.0513. The maximum atomic E-state index is 12.6. The van der Waals surface area contributed by atoms with Crippen LogP contribution in [0.2, 0.25) is 0 Å². The second-order valence-corrected chi connectivity index (χ2v) is 8.93. The van der Waals surface area contributed by atoms with Crippen LogP contribution in [0, 0.1) is 5.92 Å². The van der Waals surface area contributed by atoms with Crippen molar-refractivity contribution in [3.63, 3.8) is 0 Å². The summed E-state index contributed by atoms with van der Waals surface area (Å²) in [6.45, 7) is 8.31. The highest BCUT2D eigenvalue weighted by Crippen LogP contribution is 2.20. The third-order valence-corrected chi connectivity index (χ3v) is 6.11. The molecule has 0 fully saturated rings. The second kappa shape index (κ2) is 23.1. The molecule has 0 aromatic rings. The van der Waals surface area contributed by atoms with Gasteiger partial charge in [-0.2, -0.15) is 0 Å². The molecular weight excluding hydrogens is 374 g/mol. The molecule has 0 aromatic carbocycles. The van der Waals surface area contributed by atoms with E-state index in [4.69, 9.17) is 9.84 Å². The molecule has 2 atom stereocenters. The van der Waals surface area contributed by atoms with Crippen LogP contribution in [0.25, 0.3) is 0 Å². The number of unbranched alkanes of at least 4 members (excludes halogenated alkanes) is 11. The van der Waals surface area contributed by atoms with Gasteiger partial charge >= 0.3 is 5.97 Å². The van der Waals surface area contributed by atoms with Crippen molar-refractivity contribution >= 4 is 5.97 Å². The Kier molecular flexibility index (Phi) is 22.6. The molecule has 0 spiro atoms. The maximum absolute atomic E-state index is 12.6. The van der Waals surface area contributed by atoms with Crippen molar-refractivity contribution in [3.8, 4) is 0 Å². The van der Waals surface area contributed by atoms with Crippen LogP contribution in [0.5, 0.6) is 0 Å². The van der Waals surface area contributed by atoms with Crippen molar-refractivity contribution in [2.75, 3.05) is 19.8 Å². The van der Waals surface area contributed by atoms with Gasteiger partial charge in [0.05, 0.1) is 19.1 Å². The highest BCUT2D eigenvalue weighted by molar-refractivity contribution is 5.72. The van der Waals surface area contributed by atoms with E-state index in [9.17, 15) is 4.79 Å². The van der Waals surface area contributed by atoms with Crippen molar-refractivity contribution in [1.82, 2.24) is 5.32 Å². The number of esters is 1. The molecule has 4 nitrogen and oxygen atoms in total. The van der Waals surface area contributed by atoms with Gasteiger partial charge in [-0.3, -0.25) is 4.79 Å². The Labute approximate surface area is 187 Å². The summed E-state index contributed by atoms with van der Waals surface area (Å²) in [5.74, 6) is 0.164. The lowest BCUT2D eigenvalue weighted by Gasteiger charge is -2.16. The van der Waals surface area contributed by atoms with Gasteiger partial charge in [-0.15, -0.1) is 0 Å². The number of nitrogens with one attached hydrogen (secondary N) is 1. The lowest BCUT2D eigenvalue weighted by molar-refractivity contribution is -0.149. The van der Waals surface area contributed by atoms with Crippen LogP contribution in [0.4, 0.5) is 0 Å². The SMILES string of the molecule is CCCCCCCCC(CCCCCC)C(=O)OCCCCCCNC(CC)CO. The minimum atomic E-state index is 0.0513. The van der Waals surface area contributed by atoms with E-state index in [2.05, 4.69) is 26.1 Å². The zero-order chi connectivity index (χ0) is 22.3. The van der Waals surface area contributed by atoms with Gasteiger partial charge in [0.2, 0.25) is 0 Å². The third-order valence-electron chi connectivity index (χ3n) is 6.11. The maximum Gasteiger partial charge on any atom is 0.308 e. The van der Waals surface area contributed by atoms with E-state index >= 15 is 0 Å². The van der Waals surface area contributed by atoms with E-state index in [1.165, 1.54) is 51.4 Å². The number of carbonyl (C=O) groups excluding carboxylic acids is 1. The van der Waals surface area contributed by atoms with Crippen LogP contribution < -0.4 is 5.32 Å². The fourth-order valence-corrected chi connectivity index (χ4v) is 3.88. The molecule has 0 radical (unpaired) electrons. The number of aliphatic hydroxyl groups is 1. The normalized spacial score (nSPS) is 13.3. The average Bonchev–Trinajstić information content (AvgIpc) is 2.76. The van der Waals surface area contributed by atoms with Crippen LogP contribution in [-0.4, -0.2) is 36.9 Å². The number of hydrogen-bond acceptors (Lipinski definition) is 4. The lowest BCUT2D eigenvalue weighted by atomic mass is 9.94. The minimum Gasteiger partial charge on any atom is -0.465 e. The zero-order valence-electron chi connectivity index (χ0n) is 20.6. The van der Waals surface area contributed by atoms with E-state index in [1.807, 2.05) is 0 Å². The number of carbonyl (C=O) groups is 1. The molecule has 2 unspecified atom stereocenters. The standard InChI is InChI=1S/C26H53NO3/c1-4-7-9-11-12-16-20-24(19-15-10-8-5-2)26(29)30-22-18-14-13-17-21-27-25(6-3)23-28/h24-25,27-28H,4-23H2,1-3H3. The fourth-order valence-electron chi connectivity index (χ4n) is 3.88. The van der Waals surface area contributed by atoms with Gasteiger partial charge in [0.15, 0.2) is 0 Å². The van der Waals surface area contributed by atoms with Crippen LogP contribution in [0.15, 0.2) is 0 Å². The summed E-state index contributed by atoms with van der Waals surface area (Å²) in [5.41, 5.74) is 0. The second-order valence-electron chi connectivity index (χ2n) is 8.93. The van der Waals surface area contributed by atoms with Crippen molar-refractivity contribution in [2.24, 2.45) is 5.92 Å². The Hall–Kier alpha value is -0.610. The first-order valence-electron chi connectivity index (χ1n) is 13.2. The number of ether oxygens (including phenoxy) is 1. The van der Waals surface area contributed by atoms with Crippen LogP contribution in [-0.2, 0) is 9.53 Å². The summed E-state index contributed by atoms with van der Waals surface area (Å²) in [7, 11) is 0. The van der Waals surface area contributed by atoms with Crippen molar-refractivity contribution < 1.29 is 14.6 Å². The first kappa shape index (κ1) is 29.4. The molecule has 0 amide bonds. The smallest absolute Gasteiger partial charge is 0.308 e. The predicted octanol–water partition coefficient (Wildman–Crippen LogP) is 6.79. The van der Waals surface area contributed by atoms with E-state index in [-0.39, 0.29) is 24.5 Å². The Balaban J connectivity index is 3.94. The molecule has 0 heterocycles. The molecule has 0 rings (SSSR count). The molecule has 0 bridgehead atoms. The van der Waals surface area contributed by atoms with Crippen molar-refractivity contribution in [2.45, 2.75) is 136 Å². The Morgan fingerprint density at radius 3 is 1.90 bits per heavy atom. The average molecular weight is 428 g/mol. The van der Waals surface area contributed by atoms with Crippen LogP contribution >= 0.6 is 0 Å². The molecule has 0 saturated carbocycles. The number of hydrogen-bond donors (Lipinski definition) is 2. The third kappa shape index (κ3) is 18.2. The van der Waals surface area contributed by atoms with E-state index in [1.54, 1.807) is 0 Å². The topological polar surface area (TPSA) is 58.6 Å². The fraction of sp³-hybridized carbons (Fsp3) is 0.962. The van der Waals surface area contributed by atoms with Gasteiger partial charge in [-0.25, -0.2) is 0 Å². The molecule has 2 N–H and O–H groups in total. The Morgan fingerprint density at radius 1 is 0.767 bits per heavy atom. The molecule has 4 heteroatoms. The summed E-state index contributed by atoms with van der Waals surface area (Å²) < 4.78 is 5.65. The highest BCUT2D eigenvalue weighted by Gasteiger charge is 2.19. The van der Waals surface area contributed by atoms with Crippen LogP contribution in [0.3, 0.4) is 0 Å². The quantitative estimate of drug-likeness (QED) is 0.139. The van der Waals surface area contributed by atoms with Gasteiger partial charge in [0.1, 0.15) is 0 Å². The predicted molar refractivity (Wildman–Crippen MR) is 129 cm³/mol. The van der Waals surface area contributed by atoms with E-state index in [0.29, 0.717) is 6.61 Å². The van der Waals surface area contributed by atoms with E-state index in [0.717, 1.165) is 64.3 Å². The first-order valence-corrected chi connectivity index (χ1v) is 13.2. The van der Waals surface area contributed by atoms with Gasteiger partial charge in [0, 0.05) is 6.04 Å². The summed E-state index contributed by atoms with van der Waals surface area (Å²) in [4.78, 5) is 12.6. The molecular formula is C26H53NO3.